The summed E-state index contributed by atoms with van der Waals surface area (Å²) in [5.41, 5.74) is 1.81. The number of nitrogens with zero attached hydrogens (tertiary/aromatic N) is 5. The predicted molar refractivity (Wildman–Crippen MR) is 102 cm³/mol. The van der Waals surface area contributed by atoms with E-state index in [4.69, 9.17) is 5.84 Å². The first kappa shape index (κ1) is 18.8. The van der Waals surface area contributed by atoms with Crippen molar-refractivity contribution in [3.8, 4) is 5.95 Å². The Balaban J connectivity index is 1.60. The minimum absolute atomic E-state index is 0.0108. The molecule has 1 amide bonds. The van der Waals surface area contributed by atoms with Crippen molar-refractivity contribution in [3.05, 3.63) is 17.5 Å². The summed E-state index contributed by atoms with van der Waals surface area (Å²) >= 11 is 1.29. The molecule has 8 nitrogen and oxygen atoms in total. The fourth-order valence-corrected chi connectivity index (χ4v) is 4.17. The lowest BCUT2D eigenvalue weighted by Gasteiger charge is -2.34. The highest BCUT2D eigenvalue weighted by molar-refractivity contribution is 7.99. The number of rotatable bonds is 5. The summed E-state index contributed by atoms with van der Waals surface area (Å²) in [6.07, 6.45) is 3.47. The predicted octanol–water partition coefficient (Wildman–Crippen LogP) is 1.83. The number of carbonyl (C=O) groups excluding carboxylic acids is 1. The molecule has 2 heterocycles. The van der Waals surface area contributed by atoms with Crippen LogP contribution < -0.4 is 11.2 Å². The van der Waals surface area contributed by atoms with Crippen molar-refractivity contribution in [2.75, 3.05) is 11.6 Å². The first-order valence-corrected chi connectivity index (χ1v) is 10.0. The number of nitrogen functional groups attached to an aromatic ring is 1. The van der Waals surface area contributed by atoms with Gasteiger partial charge in [0.2, 0.25) is 11.1 Å². The Bertz CT molecular complexity index is 784. The average molecular weight is 378 g/mol. The van der Waals surface area contributed by atoms with Gasteiger partial charge in [-0.2, -0.15) is 5.10 Å². The van der Waals surface area contributed by atoms with Crippen LogP contribution in [0.3, 0.4) is 0 Å². The molecule has 0 spiro atoms. The molecule has 1 aliphatic rings. The Kier molecular flexibility index (Phi) is 5.55. The molecule has 0 aromatic carbocycles. The Hall–Kier alpha value is -2.03. The minimum Gasteiger partial charge on any atom is -0.352 e. The number of carbonyl (C=O) groups is 1. The van der Waals surface area contributed by atoms with Gasteiger partial charge in [-0.3, -0.25) is 4.79 Å². The highest BCUT2D eigenvalue weighted by Crippen LogP contribution is 2.29. The van der Waals surface area contributed by atoms with E-state index < -0.39 is 0 Å². The fourth-order valence-electron chi connectivity index (χ4n) is 3.51. The number of nitrogens with two attached hydrogens (primary N) is 1. The van der Waals surface area contributed by atoms with Gasteiger partial charge in [-0.15, -0.1) is 10.2 Å². The quantitative estimate of drug-likeness (QED) is 0.608. The highest BCUT2D eigenvalue weighted by atomic mass is 32.2. The van der Waals surface area contributed by atoms with Gasteiger partial charge in [-0.05, 0) is 38.2 Å². The average Bonchev–Trinajstić information content (AvgIpc) is 3.11. The zero-order chi connectivity index (χ0) is 18.8. The molecule has 0 unspecified atom stereocenters. The molecule has 1 saturated carbocycles. The van der Waals surface area contributed by atoms with E-state index in [2.05, 4.69) is 34.5 Å². The summed E-state index contributed by atoms with van der Waals surface area (Å²) in [4.78, 5) is 12.3. The molecule has 3 rings (SSSR count). The molecule has 3 atom stereocenters. The maximum Gasteiger partial charge on any atom is 0.271 e. The summed E-state index contributed by atoms with van der Waals surface area (Å²) in [5, 5.41) is 16.2. The van der Waals surface area contributed by atoms with Crippen LogP contribution in [0, 0.1) is 25.7 Å². The molecule has 3 N–H and O–H groups in total. The number of hydrogen-bond donors (Lipinski definition) is 2. The summed E-state index contributed by atoms with van der Waals surface area (Å²) in [5.74, 6) is 7.98. The molecule has 0 aliphatic heterocycles. The van der Waals surface area contributed by atoms with Gasteiger partial charge in [-0.1, -0.05) is 38.5 Å². The van der Waals surface area contributed by atoms with E-state index in [1.807, 2.05) is 19.9 Å². The van der Waals surface area contributed by atoms with Crippen molar-refractivity contribution in [2.24, 2.45) is 11.8 Å². The lowest BCUT2D eigenvalue weighted by molar-refractivity contribution is -0.120. The Labute approximate surface area is 157 Å². The maximum atomic E-state index is 12.3. The lowest BCUT2D eigenvalue weighted by Crippen LogP contribution is -2.44. The van der Waals surface area contributed by atoms with Crippen molar-refractivity contribution in [3.63, 3.8) is 0 Å². The molecule has 1 fully saturated rings. The zero-order valence-corrected chi connectivity index (χ0v) is 16.6. The van der Waals surface area contributed by atoms with Crippen LogP contribution in [0.25, 0.3) is 5.95 Å². The van der Waals surface area contributed by atoms with Crippen molar-refractivity contribution in [1.29, 1.82) is 0 Å². The molecule has 2 aromatic heterocycles. The smallest absolute Gasteiger partial charge is 0.271 e. The van der Waals surface area contributed by atoms with E-state index in [0.29, 0.717) is 22.9 Å². The third-order valence-electron chi connectivity index (χ3n) is 5.23. The maximum absolute atomic E-state index is 12.3. The second-order valence-corrected chi connectivity index (χ2v) is 8.16. The van der Waals surface area contributed by atoms with Gasteiger partial charge in [0, 0.05) is 11.7 Å². The molecule has 2 aromatic rings. The molecule has 0 radical (unpaired) electrons. The van der Waals surface area contributed by atoms with Gasteiger partial charge in [0.25, 0.3) is 5.95 Å². The van der Waals surface area contributed by atoms with Gasteiger partial charge < -0.3 is 11.2 Å². The molecule has 0 bridgehead atoms. The molecule has 9 heteroatoms. The molecular weight excluding hydrogens is 350 g/mol. The number of aryl methyl sites for hydroxylation is 2. The summed E-state index contributed by atoms with van der Waals surface area (Å²) < 4.78 is 3.03. The van der Waals surface area contributed by atoms with Crippen LogP contribution in [0.2, 0.25) is 0 Å². The molecular formula is C17H27N7OS. The van der Waals surface area contributed by atoms with Crippen LogP contribution >= 0.6 is 11.8 Å². The van der Waals surface area contributed by atoms with Crippen molar-refractivity contribution >= 4 is 17.7 Å². The van der Waals surface area contributed by atoms with E-state index >= 15 is 0 Å². The normalized spacial score (nSPS) is 23.2. The van der Waals surface area contributed by atoms with Gasteiger partial charge in [-0.25, -0.2) is 9.36 Å². The number of nitrogens with one attached hydrogen (secondary N) is 1. The standard InChI is InChI=1S/C17H27N7OS/c1-10-6-5-7-14(13(10)4)19-15(25)9-26-17-21-20-16(23(17)18)24-12(3)8-11(2)22-24/h8,10,13-14H,5-7,9,18H2,1-4H3,(H,19,25)/t10-,13+,14-/m0/s1. The first-order chi connectivity index (χ1) is 12.4. The van der Waals surface area contributed by atoms with Gasteiger partial charge >= 0.3 is 0 Å². The summed E-state index contributed by atoms with van der Waals surface area (Å²) in [6.45, 7) is 8.32. The van der Waals surface area contributed by atoms with E-state index in [1.165, 1.54) is 29.3 Å². The Morgan fingerprint density at radius 2 is 2.12 bits per heavy atom. The number of thioether (sulfide) groups is 1. The minimum atomic E-state index is 0.0108. The van der Waals surface area contributed by atoms with E-state index in [0.717, 1.165) is 17.8 Å². The van der Waals surface area contributed by atoms with Crippen LogP contribution in [0.1, 0.15) is 44.5 Å². The molecule has 0 saturated heterocycles. The monoisotopic (exact) mass is 377 g/mol. The summed E-state index contributed by atoms with van der Waals surface area (Å²) in [7, 11) is 0. The highest BCUT2D eigenvalue weighted by Gasteiger charge is 2.28. The zero-order valence-electron chi connectivity index (χ0n) is 15.8. The van der Waals surface area contributed by atoms with Crippen LogP contribution in [-0.4, -0.2) is 42.4 Å². The second-order valence-electron chi connectivity index (χ2n) is 7.22. The first-order valence-electron chi connectivity index (χ1n) is 9.03. The van der Waals surface area contributed by atoms with E-state index in [1.54, 1.807) is 4.68 Å². The van der Waals surface area contributed by atoms with E-state index in [-0.39, 0.29) is 17.7 Å². The molecule has 1 aliphatic carbocycles. The van der Waals surface area contributed by atoms with Crippen LogP contribution in [0.4, 0.5) is 0 Å². The van der Waals surface area contributed by atoms with Crippen LogP contribution in [-0.2, 0) is 4.79 Å². The van der Waals surface area contributed by atoms with Gasteiger partial charge in [0.15, 0.2) is 0 Å². The topological polar surface area (TPSA) is 104 Å². The van der Waals surface area contributed by atoms with E-state index in [9.17, 15) is 4.79 Å². The van der Waals surface area contributed by atoms with Gasteiger partial charge in [0.1, 0.15) is 0 Å². The summed E-state index contributed by atoms with van der Waals surface area (Å²) in [6, 6.07) is 2.20. The number of amides is 1. The molecule has 26 heavy (non-hydrogen) atoms. The number of hydrogen-bond acceptors (Lipinski definition) is 6. The van der Waals surface area contributed by atoms with Crippen LogP contribution in [0.5, 0.6) is 0 Å². The lowest BCUT2D eigenvalue weighted by atomic mass is 9.78. The number of aromatic nitrogens is 5. The van der Waals surface area contributed by atoms with Gasteiger partial charge in [0.05, 0.1) is 11.4 Å². The van der Waals surface area contributed by atoms with Crippen molar-refractivity contribution in [1.82, 2.24) is 30.0 Å². The second kappa shape index (κ2) is 7.69. The Morgan fingerprint density at radius 1 is 1.35 bits per heavy atom. The third kappa shape index (κ3) is 3.87. The molecule has 142 valence electrons. The van der Waals surface area contributed by atoms with Crippen LogP contribution in [0.15, 0.2) is 11.2 Å². The third-order valence-corrected chi connectivity index (χ3v) is 6.17. The SMILES string of the molecule is Cc1cc(C)n(-c2nnc(SCC(=O)N[C@H]3CCC[C@H](C)[C@H]3C)n2N)n1. The van der Waals surface area contributed by atoms with Crippen molar-refractivity contribution in [2.45, 2.75) is 58.2 Å². The largest absolute Gasteiger partial charge is 0.352 e. The van der Waals surface area contributed by atoms with Crippen molar-refractivity contribution < 1.29 is 4.79 Å². The fraction of sp³-hybridized carbons (Fsp3) is 0.647. The Morgan fingerprint density at radius 3 is 2.81 bits per heavy atom.